The quantitative estimate of drug-likeness (QED) is 0.843. The second kappa shape index (κ2) is 5.14. The molecule has 0 spiro atoms. The summed E-state index contributed by atoms with van der Waals surface area (Å²) in [6.45, 7) is 0. The number of carbonyl (C=O) groups is 1. The number of amides is 1. The first kappa shape index (κ1) is 12.5. The number of aromatic nitrogens is 1. The van der Waals surface area contributed by atoms with Gasteiger partial charge in [-0.1, -0.05) is 12.8 Å². The first-order valence-electron chi connectivity index (χ1n) is 5.71. The van der Waals surface area contributed by atoms with Crippen LogP contribution in [0.3, 0.4) is 0 Å². The van der Waals surface area contributed by atoms with Crippen LogP contribution in [0.25, 0.3) is 0 Å². The Labute approximate surface area is 109 Å². The lowest BCUT2D eigenvalue weighted by atomic mass is 9.98. The van der Waals surface area contributed by atoms with Gasteiger partial charge in [0.2, 0.25) is 5.91 Å². The number of halogens is 1. The van der Waals surface area contributed by atoms with E-state index in [1.54, 1.807) is 18.3 Å². The lowest BCUT2D eigenvalue weighted by molar-refractivity contribution is -0.120. The maximum atomic E-state index is 11.7. The molecule has 0 bridgehead atoms. The van der Waals surface area contributed by atoms with E-state index in [2.05, 4.69) is 26.2 Å². The third-order valence-electron chi connectivity index (χ3n) is 3.04. The van der Waals surface area contributed by atoms with E-state index >= 15 is 0 Å². The Morgan fingerprint density at radius 2 is 2.18 bits per heavy atom. The van der Waals surface area contributed by atoms with Crippen molar-refractivity contribution in [3.05, 3.63) is 22.9 Å². The molecule has 4 nitrogen and oxygen atoms in total. The largest absolute Gasteiger partial charge is 0.389 e. The monoisotopic (exact) mass is 298 g/mol. The molecule has 2 rings (SSSR count). The van der Waals surface area contributed by atoms with Crippen LogP contribution in [0.5, 0.6) is 0 Å². The number of rotatable bonds is 3. The van der Waals surface area contributed by atoms with E-state index in [1.807, 2.05) is 0 Å². The van der Waals surface area contributed by atoms with Crippen molar-refractivity contribution in [2.24, 2.45) is 0 Å². The number of pyridine rings is 1. The number of nitrogens with one attached hydrogen (secondary N) is 1. The average molecular weight is 299 g/mol. The molecule has 1 fully saturated rings. The van der Waals surface area contributed by atoms with E-state index in [0.29, 0.717) is 5.69 Å². The molecule has 1 amide bonds. The third kappa shape index (κ3) is 3.51. The van der Waals surface area contributed by atoms with E-state index in [4.69, 9.17) is 0 Å². The van der Waals surface area contributed by atoms with Gasteiger partial charge in [-0.05, 0) is 40.9 Å². The molecule has 0 aromatic carbocycles. The van der Waals surface area contributed by atoms with Gasteiger partial charge in [0.05, 0.1) is 23.9 Å². The van der Waals surface area contributed by atoms with Gasteiger partial charge in [0.25, 0.3) is 0 Å². The van der Waals surface area contributed by atoms with Crippen molar-refractivity contribution >= 4 is 27.5 Å². The molecule has 1 aliphatic carbocycles. The van der Waals surface area contributed by atoms with Crippen LogP contribution < -0.4 is 5.32 Å². The summed E-state index contributed by atoms with van der Waals surface area (Å²) in [6.07, 6.45) is 5.20. The number of aliphatic hydroxyl groups is 1. The Hall–Kier alpha value is -0.940. The molecule has 0 atom stereocenters. The van der Waals surface area contributed by atoms with Gasteiger partial charge in [-0.25, -0.2) is 4.98 Å². The van der Waals surface area contributed by atoms with Gasteiger partial charge in [-0.2, -0.15) is 0 Å². The first-order valence-corrected chi connectivity index (χ1v) is 6.51. The molecule has 1 aliphatic rings. The van der Waals surface area contributed by atoms with Gasteiger partial charge in [0.1, 0.15) is 4.60 Å². The number of anilines is 1. The summed E-state index contributed by atoms with van der Waals surface area (Å²) < 4.78 is 0.727. The maximum absolute atomic E-state index is 11.7. The van der Waals surface area contributed by atoms with Crippen molar-refractivity contribution in [1.29, 1.82) is 0 Å². The van der Waals surface area contributed by atoms with Gasteiger partial charge >= 0.3 is 0 Å². The van der Waals surface area contributed by atoms with Crippen LogP contribution in [-0.4, -0.2) is 21.6 Å². The van der Waals surface area contributed by atoms with Crippen molar-refractivity contribution in [1.82, 2.24) is 4.98 Å². The lowest BCUT2D eigenvalue weighted by Crippen LogP contribution is -2.30. The second-order valence-corrected chi connectivity index (χ2v) is 5.34. The highest BCUT2D eigenvalue weighted by Crippen LogP contribution is 2.32. The molecule has 1 aromatic rings. The van der Waals surface area contributed by atoms with E-state index < -0.39 is 5.60 Å². The average Bonchev–Trinajstić information content (AvgIpc) is 2.68. The number of nitrogens with zero attached hydrogens (tertiary/aromatic N) is 1. The predicted molar refractivity (Wildman–Crippen MR) is 68.6 cm³/mol. The smallest absolute Gasteiger partial charge is 0.227 e. The topological polar surface area (TPSA) is 62.2 Å². The highest BCUT2D eigenvalue weighted by atomic mass is 79.9. The summed E-state index contributed by atoms with van der Waals surface area (Å²) in [4.78, 5) is 15.8. The van der Waals surface area contributed by atoms with Crippen LogP contribution in [0.2, 0.25) is 0 Å². The summed E-state index contributed by atoms with van der Waals surface area (Å²) in [7, 11) is 0. The summed E-state index contributed by atoms with van der Waals surface area (Å²) >= 11 is 3.23. The maximum Gasteiger partial charge on any atom is 0.227 e. The first-order chi connectivity index (χ1) is 8.07. The molecule has 0 aliphatic heterocycles. The highest BCUT2D eigenvalue weighted by Gasteiger charge is 2.33. The molecule has 0 saturated heterocycles. The van der Waals surface area contributed by atoms with Crippen molar-refractivity contribution in [3.8, 4) is 0 Å². The normalized spacial score (nSPS) is 18.0. The molecule has 92 valence electrons. The van der Waals surface area contributed by atoms with E-state index in [-0.39, 0.29) is 12.3 Å². The van der Waals surface area contributed by atoms with Crippen LogP contribution in [0.4, 0.5) is 5.69 Å². The summed E-state index contributed by atoms with van der Waals surface area (Å²) in [6, 6.07) is 3.54. The van der Waals surface area contributed by atoms with Crippen LogP contribution in [0.15, 0.2) is 22.9 Å². The van der Waals surface area contributed by atoms with Gasteiger partial charge in [-0.15, -0.1) is 0 Å². The number of carbonyl (C=O) groups excluding carboxylic acids is 1. The fraction of sp³-hybridized carbons (Fsp3) is 0.500. The predicted octanol–water partition coefficient (Wildman–Crippen LogP) is 2.48. The van der Waals surface area contributed by atoms with Gasteiger partial charge in [0, 0.05) is 0 Å². The molecular formula is C12H15BrN2O2. The number of hydrogen-bond acceptors (Lipinski definition) is 3. The highest BCUT2D eigenvalue weighted by molar-refractivity contribution is 9.10. The molecule has 0 radical (unpaired) electrons. The fourth-order valence-corrected chi connectivity index (χ4v) is 2.40. The van der Waals surface area contributed by atoms with Crippen molar-refractivity contribution < 1.29 is 9.90 Å². The third-order valence-corrected chi connectivity index (χ3v) is 3.50. The van der Waals surface area contributed by atoms with Crippen molar-refractivity contribution in [2.75, 3.05) is 5.32 Å². The van der Waals surface area contributed by atoms with Crippen LogP contribution in [-0.2, 0) is 4.79 Å². The molecule has 2 N–H and O–H groups in total. The molecule has 5 heteroatoms. The molecule has 1 heterocycles. The second-order valence-electron chi connectivity index (χ2n) is 4.53. The number of hydrogen-bond donors (Lipinski definition) is 2. The molecule has 1 aromatic heterocycles. The van der Waals surface area contributed by atoms with Crippen molar-refractivity contribution in [3.63, 3.8) is 0 Å². The van der Waals surface area contributed by atoms with Gasteiger partial charge in [-0.3, -0.25) is 4.79 Å². The SMILES string of the molecule is O=C(CC1(O)CCCC1)Nc1ccc(Br)nc1. The Morgan fingerprint density at radius 3 is 2.76 bits per heavy atom. The van der Waals surface area contributed by atoms with E-state index in [1.165, 1.54) is 0 Å². The Balaban J connectivity index is 1.91. The minimum absolute atomic E-state index is 0.154. The Morgan fingerprint density at radius 1 is 1.47 bits per heavy atom. The molecule has 17 heavy (non-hydrogen) atoms. The minimum atomic E-state index is -0.799. The van der Waals surface area contributed by atoms with Crippen molar-refractivity contribution in [2.45, 2.75) is 37.7 Å². The zero-order valence-electron chi connectivity index (χ0n) is 9.45. The lowest BCUT2D eigenvalue weighted by Gasteiger charge is -2.20. The molecule has 0 unspecified atom stereocenters. The zero-order chi connectivity index (χ0) is 12.3. The van der Waals surface area contributed by atoms with Gasteiger partial charge < -0.3 is 10.4 Å². The Bertz CT molecular complexity index is 399. The van der Waals surface area contributed by atoms with Crippen LogP contribution in [0.1, 0.15) is 32.1 Å². The summed E-state index contributed by atoms with van der Waals surface area (Å²) in [5.74, 6) is -0.154. The Kier molecular flexibility index (Phi) is 3.79. The molecular weight excluding hydrogens is 284 g/mol. The standard InChI is InChI=1S/C12H15BrN2O2/c13-10-4-3-9(8-14-10)15-11(16)7-12(17)5-1-2-6-12/h3-4,8,17H,1-2,5-7H2,(H,15,16). The van der Waals surface area contributed by atoms with E-state index in [9.17, 15) is 9.90 Å². The minimum Gasteiger partial charge on any atom is -0.389 e. The summed E-state index contributed by atoms with van der Waals surface area (Å²) in [5, 5.41) is 12.8. The molecule has 1 saturated carbocycles. The zero-order valence-corrected chi connectivity index (χ0v) is 11.0. The van der Waals surface area contributed by atoms with Crippen LogP contribution in [0, 0.1) is 0 Å². The van der Waals surface area contributed by atoms with E-state index in [0.717, 1.165) is 30.3 Å². The van der Waals surface area contributed by atoms with Gasteiger partial charge in [0.15, 0.2) is 0 Å². The fourth-order valence-electron chi connectivity index (χ4n) is 2.16. The summed E-state index contributed by atoms with van der Waals surface area (Å²) in [5.41, 5.74) is -0.146. The van der Waals surface area contributed by atoms with Crippen LogP contribution >= 0.6 is 15.9 Å².